The van der Waals surface area contributed by atoms with E-state index in [0.717, 1.165) is 22.4 Å². The van der Waals surface area contributed by atoms with E-state index in [-0.39, 0.29) is 13.0 Å². The van der Waals surface area contributed by atoms with Crippen molar-refractivity contribution in [2.45, 2.75) is 45.0 Å². The van der Waals surface area contributed by atoms with Gasteiger partial charge < -0.3 is 24.1 Å². The summed E-state index contributed by atoms with van der Waals surface area (Å²) in [5.74, 6) is -0.606. The molecular formula is C29H34O6. The number of methoxy groups -OCH3 is 1. The zero-order chi connectivity index (χ0) is 25.3. The molecule has 0 bridgehead atoms. The summed E-state index contributed by atoms with van der Waals surface area (Å²) in [4.78, 5) is 11.4. The summed E-state index contributed by atoms with van der Waals surface area (Å²) < 4.78 is 24.2. The Balaban J connectivity index is 1.95. The van der Waals surface area contributed by atoms with Gasteiger partial charge in [-0.2, -0.15) is 0 Å². The molecule has 0 aliphatic carbocycles. The Labute approximate surface area is 207 Å². The van der Waals surface area contributed by atoms with Crippen molar-refractivity contribution >= 4 is 5.97 Å². The summed E-state index contributed by atoms with van der Waals surface area (Å²) in [5, 5.41) is 9.36. The molecule has 2 atom stereocenters. The van der Waals surface area contributed by atoms with Crippen LogP contribution in [0.1, 0.15) is 43.4 Å². The van der Waals surface area contributed by atoms with Gasteiger partial charge in [-0.1, -0.05) is 74.5 Å². The van der Waals surface area contributed by atoms with Crippen molar-refractivity contribution in [2.75, 3.05) is 20.3 Å². The average molecular weight is 479 g/mol. The molecule has 0 aliphatic rings. The van der Waals surface area contributed by atoms with Gasteiger partial charge in [-0.05, 0) is 42.2 Å². The number of hydrogen-bond donors (Lipinski definition) is 1. The number of aliphatic carboxylic acids is 1. The molecule has 6 nitrogen and oxygen atoms in total. The molecule has 0 saturated heterocycles. The molecule has 0 aromatic heterocycles. The molecule has 1 N–H and O–H groups in total. The number of ether oxygens (including phenoxy) is 4. The fourth-order valence-corrected chi connectivity index (χ4v) is 3.92. The highest BCUT2D eigenvalue weighted by molar-refractivity contribution is 5.72. The molecule has 0 spiro atoms. The second kappa shape index (κ2) is 12.4. The number of benzene rings is 3. The van der Waals surface area contributed by atoms with Crippen LogP contribution in [0, 0.1) is 0 Å². The third-order valence-corrected chi connectivity index (χ3v) is 5.71. The lowest BCUT2D eigenvalue weighted by Crippen LogP contribution is -2.42. The van der Waals surface area contributed by atoms with E-state index in [4.69, 9.17) is 18.9 Å². The molecule has 186 valence electrons. The molecule has 6 heteroatoms. The monoisotopic (exact) mass is 478 g/mol. The van der Waals surface area contributed by atoms with Crippen molar-refractivity contribution < 1.29 is 28.8 Å². The van der Waals surface area contributed by atoms with Crippen LogP contribution in [0.5, 0.6) is 11.5 Å². The number of hydrogen-bond acceptors (Lipinski definition) is 5. The fraction of sp³-hybridized carbons (Fsp3) is 0.345. The van der Waals surface area contributed by atoms with Crippen molar-refractivity contribution in [3.8, 4) is 11.5 Å². The largest absolute Gasteiger partial charge is 0.486 e. The van der Waals surface area contributed by atoms with Crippen LogP contribution < -0.4 is 9.47 Å². The number of carboxylic acids is 1. The second-order valence-corrected chi connectivity index (χ2v) is 8.55. The van der Waals surface area contributed by atoms with Gasteiger partial charge in [0.15, 0.2) is 12.7 Å². The average Bonchev–Trinajstić information content (AvgIpc) is 2.86. The van der Waals surface area contributed by atoms with Crippen LogP contribution in [0.25, 0.3) is 0 Å². The van der Waals surface area contributed by atoms with E-state index >= 15 is 0 Å². The van der Waals surface area contributed by atoms with Crippen molar-refractivity contribution in [3.05, 3.63) is 95.6 Å². The molecule has 0 amide bonds. The minimum atomic E-state index is -1.22. The quantitative estimate of drug-likeness (QED) is 0.313. The van der Waals surface area contributed by atoms with Crippen LogP contribution in [-0.4, -0.2) is 37.5 Å². The van der Waals surface area contributed by atoms with E-state index in [9.17, 15) is 9.90 Å². The van der Waals surface area contributed by atoms with E-state index < -0.39 is 17.9 Å². The maximum Gasteiger partial charge on any atom is 0.333 e. The number of rotatable bonds is 13. The number of carbonyl (C=O) groups is 1. The fourth-order valence-electron chi connectivity index (χ4n) is 3.92. The molecule has 0 aliphatic heterocycles. The molecule has 0 saturated carbocycles. The highest BCUT2D eigenvalue weighted by Crippen LogP contribution is 2.33. The van der Waals surface area contributed by atoms with Gasteiger partial charge in [-0.25, -0.2) is 4.79 Å². The van der Waals surface area contributed by atoms with Gasteiger partial charge in [0.2, 0.25) is 0 Å². The van der Waals surface area contributed by atoms with E-state index in [2.05, 4.69) is 19.9 Å². The Hall–Kier alpha value is -3.35. The Bertz CT molecular complexity index is 1080. The summed E-state index contributed by atoms with van der Waals surface area (Å²) in [6, 6.07) is 25.0. The third-order valence-electron chi connectivity index (χ3n) is 5.71. The first-order chi connectivity index (χ1) is 16.9. The lowest BCUT2D eigenvalue weighted by molar-refractivity contribution is -0.207. The summed E-state index contributed by atoms with van der Waals surface area (Å²) >= 11 is 0. The Kier molecular flexibility index (Phi) is 9.29. The van der Waals surface area contributed by atoms with Gasteiger partial charge in [0.1, 0.15) is 11.5 Å². The molecule has 3 rings (SSSR count). The van der Waals surface area contributed by atoms with E-state index in [1.54, 1.807) is 0 Å². The van der Waals surface area contributed by atoms with Crippen molar-refractivity contribution in [2.24, 2.45) is 0 Å². The molecule has 0 radical (unpaired) electrons. The number of para-hydroxylation sites is 1. The van der Waals surface area contributed by atoms with Crippen LogP contribution in [0.2, 0.25) is 0 Å². The minimum Gasteiger partial charge on any atom is -0.486 e. The molecule has 3 aromatic carbocycles. The first-order valence-electron chi connectivity index (χ1n) is 11.8. The standard InChI is InChI=1S/C29H34O6/c1-5-34-29(23-13-7-6-8-14-23,20-33-26-17-10-9-16-25(26)21(2)3)35-24-15-11-12-22(18-24)19-27(32-4)28(30)31/h6-18,21,27H,5,19-20H2,1-4H3,(H,30,31). The minimum absolute atomic E-state index is 0.120. The van der Waals surface area contributed by atoms with Gasteiger partial charge in [0, 0.05) is 25.7 Å². The predicted octanol–water partition coefficient (Wildman–Crippen LogP) is 5.80. The van der Waals surface area contributed by atoms with E-state index in [1.165, 1.54) is 7.11 Å². The molecule has 3 aromatic rings. The summed E-state index contributed by atoms with van der Waals surface area (Å²) in [6.07, 6.45) is -0.722. The molecule has 0 heterocycles. The SMILES string of the molecule is CCOC(COc1ccccc1C(C)C)(Oc1cccc(CC(OC)C(=O)O)c1)c1ccccc1. The van der Waals surface area contributed by atoms with Gasteiger partial charge in [0.25, 0.3) is 5.79 Å². The van der Waals surface area contributed by atoms with E-state index in [1.807, 2.05) is 79.7 Å². The summed E-state index contributed by atoms with van der Waals surface area (Å²) in [6.45, 7) is 6.68. The first kappa shape index (κ1) is 26.3. The van der Waals surface area contributed by atoms with Gasteiger partial charge in [0.05, 0.1) is 0 Å². The molecular weight excluding hydrogens is 444 g/mol. The van der Waals surface area contributed by atoms with Gasteiger partial charge in [-0.3, -0.25) is 0 Å². The van der Waals surface area contributed by atoms with Crippen molar-refractivity contribution in [1.29, 1.82) is 0 Å². The Morgan fingerprint density at radius 3 is 2.34 bits per heavy atom. The van der Waals surface area contributed by atoms with Crippen LogP contribution in [-0.2, 0) is 26.5 Å². The second-order valence-electron chi connectivity index (χ2n) is 8.55. The predicted molar refractivity (Wildman–Crippen MR) is 135 cm³/mol. The van der Waals surface area contributed by atoms with Crippen LogP contribution in [0.4, 0.5) is 0 Å². The highest BCUT2D eigenvalue weighted by Gasteiger charge is 2.37. The topological polar surface area (TPSA) is 74.2 Å². The first-order valence-corrected chi connectivity index (χ1v) is 11.8. The lowest BCUT2D eigenvalue weighted by Gasteiger charge is -2.34. The molecule has 0 fully saturated rings. The van der Waals surface area contributed by atoms with Gasteiger partial charge >= 0.3 is 5.97 Å². The maximum absolute atomic E-state index is 11.4. The Morgan fingerprint density at radius 1 is 0.971 bits per heavy atom. The summed E-state index contributed by atoms with van der Waals surface area (Å²) in [5.41, 5.74) is 2.70. The normalized spacial score (nSPS) is 13.7. The molecule has 35 heavy (non-hydrogen) atoms. The zero-order valence-corrected chi connectivity index (χ0v) is 20.8. The van der Waals surface area contributed by atoms with Crippen LogP contribution in [0.15, 0.2) is 78.9 Å². The van der Waals surface area contributed by atoms with Crippen LogP contribution >= 0.6 is 0 Å². The Morgan fingerprint density at radius 2 is 1.69 bits per heavy atom. The van der Waals surface area contributed by atoms with E-state index in [0.29, 0.717) is 18.3 Å². The highest BCUT2D eigenvalue weighted by atomic mass is 16.7. The zero-order valence-electron chi connectivity index (χ0n) is 20.8. The summed E-state index contributed by atoms with van der Waals surface area (Å²) in [7, 11) is 1.39. The van der Waals surface area contributed by atoms with Gasteiger partial charge in [-0.15, -0.1) is 0 Å². The smallest absolute Gasteiger partial charge is 0.333 e. The number of carboxylic acid groups (broad SMARTS) is 1. The maximum atomic E-state index is 11.4. The molecule has 2 unspecified atom stereocenters. The van der Waals surface area contributed by atoms with Crippen molar-refractivity contribution in [3.63, 3.8) is 0 Å². The van der Waals surface area contributed by atoms with Crippen LogP contribution in [0.3, 0.4) is 0 Å². The lowest BCUT2D eigenvalue weighted by atomic mass is 10.0. The van der Waals surface area contributed by atoms with Crippen molar-refractivity contribution in [1.82, 2.24) is 0 Å². The third kappa shape index (κ3) is 6.84.